The highest BCUT2D eigenvalue weighted by atomic mass is 35.5. The first-order valence-corrected chi connectivity index (χ1v) is 8.85. The Morgan fingerprint density at radius 1 is 1.23 bits per heavy atom. The highest BCUT2D eigenvalue weighted by molar-refractivity contribution is 6.31. The maximum absolute atomic E-state index is 11.7. The van der Waals surface area contributed by atoms with Gasteiger partial charge in [0.05, 0.1) is 11.0 Å². The topological polar surface area (TPSA) is 72.2 Å². The number of allylic oxidation sites excluding steroid dienone is 2. The minimum absolute atomic E-state index is 0.0337. The van der Waals surface area contributed by atoms with Crippen molar-refractivity contribution in [3.8, 4) is 0 Å². The molecule has 3 atom stereocenters. The maximum Gasteiger partial charge on any atom is 0.269 e. The second-order valence-electron chi connectivity index (χ2n) is 6.80. The average molecular weight is 369 g/mol. The molecule has 2 aliphatic rings. The summed E-state index contributed by atoms with van der Waals surface area (Å²) in [7, 11) is 0. The molecule has 4 rings (SSSR count). The molecule has 132 valence electrons. The van der Waals surface area contributed by atoms with E-state index in [1.807, 2.05) is 12.1 Å². The van der Waals surface area contributed by atoms with E-state index in [4.69, 9.17) is 11.6 Å². The third-order valence-electron chi connectivity index (χ3n) is 5.29. The number of hydrogen-bond acceptors (Lipinski definition) is 4. The number of halogens is 1. The van der Waals surface area contributed by atoms with E-state index in [1.54, 1.807) is 25.1 Å². The lowest BCUT2D eigenvalue weighted by Crippen LogP contribution is -2.29. The van der Waals surface area contributed by atoms with Crippen LogP contribution in [0.15, 0.2) is 48.6 Å². The lowest BCUT2D eigenvalue weighted by atomic mass is 9.76. The molecule has 1 heterocycles. The predicted molar refractivity (Wildman–Crippen MR) is 101 cm³/mol. The van der Waals surface area contributed by atoms with E-state index in [0.717, 1.165) is 23.2 Å². The van der Waals surface area contributed by atoms with E-state index in [0.29, 0.717) is 10.6 Å². The summed E-state index contributed by atoms with van der Waals surface area (Å²) in [4.78, 5) is 22.5. The molecule has 0 saturated heterocycles. The Balaban J connectivity index is 1.80. The standard InChI is InChI=1S/C20H17ClN2O3/c1-11(24)12-5-8-19-16(9-12)14-3-2-4-15(14)20(22-19)17-10-13(23(25)26)6-7-18(17)21/h2-3,5-10,14-15,20,22H,4H2,1H3/t14-,15-,20-/m1/s1. The van der Waals surface area contributed by atoms with Gasteiger partial charge in [-0.2, -0.15) is 0 Å². The van der Waals surface area contributed by atoms with Crippen molar-refractivity contribution < 1.29 is 9.72 Å². The number of carbonyl (C=O) groups is 1. The zero-order chi connectivity index (χ0) is 18.4. The largest absolute Gasteiger partial charge is 0.378 e. The fraction of sp³-hybridized carbons (Fsp3) is 0.250. The second kappa shape index (κ2) is 6.25. The summed E-state index contributed by atoms with van der Waals surface area (Å²) >= 11 is 6.39. The number of rotatable bonds is 3. The van der Waals surface area contributed by atoms with Gasteiger partial charge in [0, 0.05) is 39.9 Å². The molecule has 0 radical (unpaired) electrons. The Kier molecular flexibility index (Phi) is 4.04. The molecule has 0 amide bonds. The molecule has 0 spiro atoms. The van der Waals surface area contributed by atoms with Gasteiger partial charge in [-0.05, 0) is 49.1 Å². The van der Waals surface area contributed by atoms with Crippen LogP contribution in [0.4, 0.5) is 11.4 Å². The summed E-state index contributed by atoms with van der Waals surface area (Å²) in [6.07, 6.45) is 5.14. The molecule has 1 aliphatic heterocycles. The van der Waals surface area contributed by atoms with Crippen LogP contribution in [0.3, 0.4) is 0 Å². The molecule has 0 aromatic heterocycles. The van der Waals surface area contributed by atoms with Crippen LogP contribution in [0.25, 0.3) is 0 Å². The highest BCUT2D eigenvalue weighted by Gasteiger charge is 2.39. The zero-order valence-corrected chi connectivity index (χ0v) is 14.9. The molecule has 0 bridgehead atoms. The van der Waals surface area contributed by atoms with Gasteiger partial charge in [-0.15, -0.1) is 0 Å². The summed E-state index contributed by atoms with van der Waals surface area (Å²) < 4.78 is 0. The summed E-state index contributed by atoms with van der Waals surface area (Å²) in [5, 5.41) is 15.2. The maximum atomic E-state index is 11.7. The minimum atomic E-state index is -0.403. The molecule has 2 aromatic carbocycles. The zero-order valence-electron chi connectivity index (χ0n) is 14.1. The number of non-ortho nitro benzene ring substituents is 1. The van der Waals surface area contributed by atoms with Crippen LogP contribution in [0.5, 0.6) is 0 Å². The normalized spacial score (nSPS) is 23.1. The van der Waals surface area contributed by atoms with Gasteiger partial charge in [0.2, 0.25) is 0 Å². The summed E-state index contributed by atoms with van der Waals surface area (Å²) in [6.45, 7) is 1.56. The van der Waals surface area contributed by atoms with Crippen LogP contribution in [-0.4, -0.2) is 10.7 Å². The first-order chi connectivity index (χ1) is 12.5. The number of nitrogens with zero attached hydrogens (tertiary/aromatic N) is 1. The summed E-state index contributed by atoms with van der Waals surface area (Å²) in [6, 6.07) is 10.1. The van der Waals surface area contributed by atoms with E-state index >= 15 is 0 Å². The Morgan fingerprint density at radius 3 is 2.77 bits per heavy atom. The van der Waals surface area contributed by atoms with Gasteiger partial charge in [0.15, 0.2) is 5.78 Å². The summed E-state index contributed by atoms with van der Waals surface area (Å²) in [5.74, 6) is 0.394. The van der Waals surface area contributed by atoms with Gasteiger partial charge in [-0.1, -0.05) is 23.8 Å². The lowest BCUT2D eigenvalue weighted by Gasteiger charge is -2.38. The van der Waals surface area contributed by atoms with E-state index in [1.165, 1.54) is 6.07 Å². The van der Waals surface area contributed by atoms with Crippen molar-refractivity contribution >= 4 is 28.8 Å². The van der Waals surface area contributed by atoms with Crippen molar-refractivity contribution in [3.05, 3.63) is 80.4 Å². The Hall–Kier alpha value is -2.66. The number of nitrogens with one attached hydrogen (secondary N) is 1. The number of hydrogen-bond donors (Lipinski definition) is 1. The molecule has 0 saturated carbocycles. The molecule has 5 nitrogen and oxygen atoms in total. The molecule has 6 heteroatoms. The number of anilines is 1. The molecule has 1 aliphatic carbocycles. The van der Waals surface area contributed by atoms with E-state index in [2.05, 4.69) is 17.5 Å². The molecule has 1 N–H and O–H groups in total. The molecular formula is C20H17ClN2O3. The van der Waals surface area contributed by atoms with Gasteiger partial charge in [0.1, 0.15) is 0 Å². The predicted octanol–water partition coefficient (Wildman–Crippen LogP) is 5.28. The molecule has 26 heavy (non-hydrogen) atoms. The van der Waals surface area contributed by atoms with Crippen LogP contribution in [-0.2, 0) is 0 Å². The van der Waals surface area contributed by atoms with Crippen molar-refractivity contribution in [2.45, 2.75) is 25.3 Å². The first kappa shape index (κ1) is 16.8. The van der Waals surface area contributed by atoms with E-state index in [-0.39, 0.29) is 29.3 Å². The monoisotopic (exact) mass is 368 g/mol. The van der Waals surface area contributed by atoms with Gasteiger partial charge in [-0.3, -0.25) is 14.9 Å². The van der Waals surface area contributed by atoms with E-state index < -0.39 is 4.92 Å². The number of nitro groups is 1. The Morgan fingerprint density at radius 2 is 2.04 bits per heavy atom. The highest BCUT2D eigenvalue weighted by Crippen LogP contribution is 2.51. The quantitative estimate of drug-likeness (QED) is 0.346. The second-order valence-corrected chi connectivity index (χ2v) is 7.20. The van der Waals surface area contributed by atoms with E-state index in [9.17, 15) is 14.9 Å². The van der Waals surface area contributed by atoms with Crippen LogP contribution in [0.1, 0.15) is 46.8 Å². The van der Waals surface area contributed by atoms with Crippen LogP contribution in [0, 0.1) is 16.0 Å². The lowest BCUT2D eigenvalue weighted by molar-refractivity contribution is -0.384. The van der Waals surface area contributed by atoms with Crippen LogP contribution >= 0.6 is 11.6 Å². The van der Waals surface area contributed by atoms with Crippen molar-refractivity contribution in [2.75, 3.05) is 5.32 Å². The number of ketones is 1. The molecular weight excluding hydrogens is 352 g/mol. The Labute approximate surface area is 155 Å². The fourth-order valence-electron chi connectivity index (χ4n) is 4.00. The van der Waals surface area contributed by atoms with Crippen molar-refractivity contribution in [1.82, 2.24) is 0 Å². The first-order valence-electron chi connectivity index (χ1n) is 8.47. The van der Waals surface area contributed by atoms with Gasteiger partial charge < -0.3 is 5.32 Å². The molecule has 0 unspecified atom stereocenters. The van der Waals surface area contributed by atoms with Crippen molar-refractivity contribution in [3.63, 3.8) is 0 Å². The Bertz CT molecular complexity index is 954. The molecule has 0 fully saturated rings. The van der Waals surface area contributed by atoms with Gasteiger partial charge >= 0.3 is 0 Å². The smallest absolute Gasteiger partial charge is 0.269 e. The van der Waals surface area contributed by atoms with Crippen LogP contribution < -0.4 is 5.32 Å². The van der Waals surface area contributed by atoms with Crippen molar-refractivity contribution in [1.29, 1.82) is 0 Å². The fourth-order valence-corrected chi connectivity index (χ4v) is 4.24. The summed E-state index contributed by atoms with van der Waals surface area (Å²) in [5.41, 5.74) is 3.49. The number of nitro benzene ring substituents is 1. The number of benzene rings is 2. The van der Waals surface area contributed by atoms with Gasteiger partial charge in [-0.25, -0.2) is 0 Å². The SMILES string of the molecule is CC(=O)c1ccc2c(c1)[C@@H]1C=CC[C@H]1[C@H](c1cc([N+](=O)[O-])ccc1Cl)N2. The average Bonchev–Trinajstić information content (AvgIpc) is 3.11. The third-order valence-corrected chi connectivity index (χ3v) is 5.64. The van der Waals surface area contributed by atoms with Crippen molar-refractivity contribution in [2.24, 2.45) is 5.92 Å². The third kappa shape index (κ3) is 2.69. The van der Waals surface area contributed by atoms with Crippen LogP contribution in [0.2, 0.25) is 5.02 Å². The van der Waals surface area contributed by atoms with Gasteiger partial charge in [0.25, 0.3) is 5.69 Å². The minimum Gasteiger partial charge on any atom is -0.378 e. The number of carbonyl (C=O) groups excluding carboxylic acids is 1. The number of Topliss-reactive ketones (excluding diaryl/α,β-unsaturated/α-hetero) is 1. The number of fused-ring (bicyclic) bond motifs is 3. The molecule has 2 aromatic rings.